The van der Waals surface area contributed by atoms with Crippen molar-refractivity contribution in [1.82, 2.24) is 9.78 Å². The number of fused-ring (bicyclic) bond motifs is 1. The number of nitrogens with zero attached hydrogens (tertiary/aromatic N) is 2. The lowest BCUT2D eigenvalue weighted by Crippen LogP contribution is -2.19. The molecule has 1 aliphatic heterocycles. The van der Waals surface area contributed by atoms with E-state index in [1.807, 2.05) is 11.6 Å². The Balaban J connectivity index is 2.52. The van der Waals surface area contributed by atoms with Gasteiger partial charge in [-0.1, -0.05) is 0 Å². The average Bonchev–Trinajstić information content (AvgIpc) is 2.32. The van der Waals surface area contributed by atoms with E-state index < -0.39 is 0 Å². The van der Waals surface area contributed by atoms with Crippen molar-refractivity contribution in [2.75, 3.05) is 6.61 Å². The van der Waals surface area contributed by atoms with E-state index >= 15 is 0 Å². The lowest BCUT2D eigenvalue weighted by atomic mass is 10.2. The number of halogens is 1. The van der Waals surface area contributed by atoms with Crippen LogP contribution in [0.2, 0.25) is 0 Å². The zero-order valence-electron chi connectivity index (χ0n) is 7.17. The number of aromatic nitrogens is 2. The normalized spacial score (nSPS) is 21.8. The van der Waals surface area contributed by atoms with Gasteiger partial charge in [-0.25, -0.2) is 4.68 Å². The summed E-state index contributed by atoms with van der Waals surface area (Å²) in [5.74, 6) is 0.951. The van der Waals surface area contributed by atoms with Crippen molar-refractivity contribution in [1.29, 1.82) is 0 Å². The lowest BCUT2D eigenvalue weighted by molar-refractivity contribution is 0.199. The summed E-state index contributed by atoms with van der Waals surface area (Å²) in [6.45, 7) is 5.01. The first kappa shape index (κ1) is 8.34. The van der Waals surface area contributed by atoms with E-state index in [1.54, 1.807) is 0 Å². The molecule has 0 spiro atoms. The molecule has 0 unspecified atom stereocenters. The fourth-order valence-electron chi connectivity index (χ4n) is 1.38. The van der Waals surface area contributed by atoms with E-state index in [0.29, 0.717) is 6.04 Å². The fourth-order valence-corrected chi connectivity index (χ4v) is 1.89. The SMILES string of the molecule is Cc1nn2c(c1I)OCC[C@H]2C. The Morgan fingerprint density at radius 1 is 1.67 bits per heavy atom. The average molecular weight is 278 g/mol. The first-order valence-corrected chi connectivity index (χ1v) is 5.15. The Hall–Kier alpha value is -0.260. The molecule has 0 saturated carbocycles. The Labute approximate surface area is 85.2 Å². The van der Waals surface area contributed by atoms with Gasteiger partial charge in [-0.05, 0) is 36.4 Å². The smallest absolute Gasteiger partial charge is 0.226 e. The zero-order chi connectivity index (χ0) is 8.72. The highest BCUT2D eigenvalue weighted by molar-refractivity contribution is 14.1. The van der Waals surface area contributed by atoms with Gasteiger partial charge in [-0.3, -0.25) is 0 Å². The van der Waals surface area contributed by atoms with Gasteiger partial charge in [0, 0.05) is 6.42 Å². The van der Waals surface area contributed by atoms with Gasteiger partial charge in [-0.2, -0.15) is 5.10 Å². The van der Waals surface area contributed by atoms with Crippen LogP contribution >= 0.6 is 22.6 Å². The van der Waals surface area contributed by atoms with E-state index in [2.05, 4.69) is 34.6 Å². The molecule has 0 aliphatic carbocycles. The second kappa shape index (κ2) is 2.90. The Bertz CT molecular complexity index is 308. The van der Waals surface area contributed by atoms with Crippen molar-refractivity contribution in [3.05, 3.63) is 9.26 Å². The number of rotatable bonds is 0. The zero-order valence-corrected chi connectivity index (χ0v) is 9.33. The first-order chi connectivity index (χ1) is 5.70. The van der Waals surface area contributed by atoms with Crippen LogP contribution in [0.25, 0.3) is 0 Å². The molecule has 0 aromatic carbocycles. The molecule has 0 amide bonds. The van der Waals surface area contributed by atoms with Crippen molar-refractivity contribution in [3.8, 4) is 5.88 Å². The highest BCUT2D eigenvalue weighted by Gasteiger charge is 2.22. The maximum atomic E-state index is 5.54. The van der Waals surface area contributed by atoms with Gasteiger partial charge in [0.05, 0.1) is 21.9 Å². The molecule has 0 bridgehead atoms. The number of hydrogen-bond acceptors (Lipinski definition) is 2. The first-order valence-electron chi connectivity index (χ1n) is 4.07. The van der Waals surface area contributed by atoms with Crippen LogP contribution in [0.1, 0.15) is 25.1 Å². The highest BCUT2D eigenvalue weighted by atomic mass is 127. The van der Waals surface area contributed by atoms with Crippen LogP contribution in [0, 0.1) is 10.5 Å². The molecular formula is C8H11IN2O. The summed E-state index contributed by atoms with van der Waals surface area (Å²) >= 11 is 2.28. The number of hydrogen-bond donors (Lipinski definition) is 0. The molecule has 0 fully saturated rings. The van der Waals surface area contributed by atoms with Crippen LogP contribution in [-0.2, 0) is 0 Å². The van der Waals surface area contributed by atoms with Crippen LogP contribution < -0.4 is 4.74 Å². The van der Waals surface area contributed by atoms with E-state index in [4.69, 9.17) is 4.74 Å². The summed E-state index contributed by atoms with van der Waals surface area (Å²) in [7, 11) is 0. The lowest BCUT2D eigenvalue weighted by Gasteiger charge is -2.21. The molecule has 0 saturated heterocycles. The van der Waals surface area contributed by atoms with E-state index in [9.17, 15) is 0 Å². The minimum atomic E-state index is 0.482. The third-order valence-electron chi connectivity index (χ3n) is 2.16. The summed E-state index contributed by atoms with van der Waals surface area (Å²) in [5.41, 5.74) is 1.07. The van der Waals surface area contributed by atoms with E-state index in [1.165, 1.54) is 0 Å². The van der Waals surface area contributed by atoms with Gasteiger partial charge in [-0.15, -0.1) is 0 Å². The van der Waals surface area contributed by atoms with Crippen LogP contribution in [0.3, 0.4) is 0 Å². The van der Waals surface area contributed by atoms with Gasteiger partial charge in [0.1, 0.15) is 0 Å². The van der Waals surface area contributed by atoms with Crippen molar-refractivity contribution in [3.63, 3.8) is 0 Å². The molecule has 4 heteroatoms. The van der Waals surface area contributed by atoms with Crippen molar-refractivity contribution in [2.45, 2.75) is 26.3 Å². The third kappa shape index (κ3) is 1.12. The van der Waals surface area contributed by atoms with Crippen LogP contribution in [0.4, 0.5) is 0 Å². The fraction of sp³-hybridized carbons (Fsp3) is 0.625. The number of ether oxygens (including phenoxy) is 1. The van der Waals surface area contributed by atoms with Crippen LogP contribution in [0.15, 0.2) is 0 Å². The summed E-state index contributed by atoms with van der Waals surface area (Å²) in [6, 6.07) is 0.482. The van der Waals surface area contributed by atoms with Crippen molar-refractivity contribution >= 4 is 22.6 Å². The maximum Gasteiger partial charge on any atom is 0.226 e. The molecule has 0 radical (unpaired) electrons. The summed E-state index contributed by atoms with van der Waals surface area (Å²) in [6.07, 6.45) is 1.06. The molecule has 66 valence electrons. The molecule has 0 N–H and O–H groups in total. The third-order valence-corrected chi connectivity index (χ3v) is 3.41. The van der Waals surface area contributed by atoms with Gasteiger partial charge >= 0.3 is 0 Å². The largest absolute Gasteiger partial charge is 0.477 e. The molecule has 2 heterocycles. The van der Waals surface area contributed by atoms with Crippen molar-refractivity contribution < 1.29 is 4.74 Å². The molecule has 1 aliphatic rings. The van der Waals surface area contributed by atoms with Gasteiger partial charge in [0.15, 0.2) is 0 Å². The van der Waals surface area contributed by atoms with E-state index in [-0.39, 0.29) is 0 Å². The molecular weight excluding hydrogens is 267 g/mol. The maximum absolute atomic E-state index is 5.54. The Morgan fingerprint density at radius 3 is 3.08 bits per heavy atom. The Kier molecular flexibility index (Phi) is 2.02. The molecule has 3 nitrogen and oxygen atoms in total. The molecule has 1 aromatic heterocycles. The summed E-state index contributed by atoms with van der Waals surface area (Å²) in [4.78, 5) is 0. The highest BCUT2D eigenvalue weighted by Crippen LogP contribution is 2.31. The van der Waals surface area contributed by atoms with E-state index in [0.717, 1.165) is 28.2 Å². The second-order valence-corrected chi connectivity index (χ2v) is 4.21. The molecule has 12 heavy (non-hydrogen) atoms. The standard InChI is InChI=1S/C8H11IN2O/c1-5-3-4-12-8-7(9)6(2)10-11(5)8/h5H,3-4H2,1-2H3/t5-/m1/s1. The van der Waals surface area contributed by atoms with Gasteiger partial charge < -0.3 is 4.74 Å². The molecule has 2 rings (SSSR count). The second-order valence-electron chi connectivity index (χ2n) is 3.14. The topological polar surface area (TPSA) is 27.1 Å². The molecule has 1 aromatic rings. The predicted molar refractivity (Wildman–Crippen MR) is 54.5 cm³/mol. The monoisotopic (exact) mass is 278 g/mol. The summed E-state index contributed by atoms with van der Waals surface area (Å²) in [5, 5.41) is 4.42. The number of aryl methyl sites for hydroxylation is 1. The minimum Gasteiger partial charge on any atom is -0.477 e. The van der Waals surface area contributed by atoms with Gasteiger partial charge in [0.2, 0.25) is 5.88 Å². The quantitative estimate of drug-likeness (QED) is 0.680. The van der Waals surface area contributed by atoms with Crippen LogP contribution in [0.5, 0.6) is 5.88 Å². The summed E-state index contributed by atoms with van der Waals surface area (Å²) < 4.78 is 8.68. The van der Waals surface area contributed by atoms with Gasteiger partial charge in [0.25, 0.3) is 0 Å². The Morgan fingerprint density at radius 2 is 2.42 bits per heavy atom. The minimum absolute atomic E-state index is 0.482. The predicted octanol–water partition coefficient (Wildman–Crippen LogP) is 2.14. The van der Waals surface area contributed by atoms with Crippen LogP contribution in [-0.4, -0.2) is 16.4 Å². The van der Waals surface area contributed by atoms with Crippen molar-refractivity contribution in [2.24, 2.45) is 0 Å². The molecule has 1 atom stereocenters.